The van der Waals surface area contributed by atoms with E-state index in [0.717, 1.165) is 134 Å². The fraction of sp³-hybridized carbons (Fsp3) is 0.910. The molecule has 14 bridgehead atoms. The van der Waals surface area contributed by atoms with E-state index in [-0.39, 0.29) is 102 Å². The van der Waals surface area contributed by atoms with Gasteiger partial charge < -0.3 is 47.4 Å². The summed E-state index contributed by atoms with van der Waals surface area (Å²) in [7, 11) is 0. The second-order valence-electron chi connectivity index (χ2n) is 27.5. The average Bonchev–Trinajstić information content (AvgIpc) is 1.64. The molecule has 22 fully saturated rings. The van der Waals surface area contributed by atoms with Gasteiger partial charge in [-0.3, -0.25) is 43.2 Å². The summed E-state index contributed by atoms with van der Waals surface area (Å²) in [6.07, 6.45) is 33.7. The van der Waals surface area contributed by atoms with Gasteiger partial charge in [-0.25, -0.2) is 0 Å². The molecule has 19 heteroatoms. The second kappa shape index (κ2) is 82.8. The molecule has 0 spiro atoms. The number of cyclic esters (lactones) is 4. The molecule has 20 atom stereocenters. The molecule has 119 heavy (non-hydrogen) atoms. The van der Waals surface area contributed by atoms with Crippen LogP contribution >= 0.6 is 0 Å². The Balaban J connectivity index is -0.000000227. The predicted octanol–water partition coefficient (Wildman–Crippen LogP) is 26.7. The van der Waals surface area contributed by atoms with Crippen molar-refractivity contribution in [3.8, 4) is 0 Å². The van der Waals surface area contributed by atoms with Gasteiger partial charge in [0.25, 0.3) is 0 Å². The molecule has 710 valence electrons. The Morgan fingerprint density at radius 2 is 0.697 bits per heavy atom. The summed E-state index contributed by atoms with van der Waals surface area (Å²) >= 11 is 0. The average molecular weight is 1700 g/mol. The number of carbonyl (C=O) groups excluding carboxylic acids is 9. The fourth-order valence-electron chi connectivity index (χ4n) is 18.1. The van der Waals surface area contributed by atoms with Crippen LogP contribution in [0.5, 0.6) is 0 Å². The predicted molar refractivity (Wildman–Crippen MR) is 492 cm³/mol. The Hall–Kier alpha value is -4.81. The van der Waals surface area contributed by atoms with Gasteiger partial charge in [-0.1, -0.05) is 262 Å². The number of esters is 9. The second-order valence-corrected chi connectivity index (χ2v) is 27.5. The summed E-state index contributed by atoms with van der Waals surface area (Å²) in [6, 6.07) is 0. The molecule has 0 aromatic heterocycles. The third kappa shape index (κ3) is 42.6. The number of rotatable bonds is 0. The number of hydrogen-bond donors (Lipinski definition) is 0. The van der Waals surface area contributed by atoms with Gasteiger partial charge in [0.2, 0.25) is 0 Å². The number of hydrogen-bond acceptors (Lipinski definition) is 19. The summed E-state index contributed by atoms with van der Waals surface area (Å²) in [4.78, 5) is 97.4. The van der Waals surface area contributed by atoms with Gasteiger partial charge in [-0.05, 0) is 178 Å². The lowest BCUT2D eigenvalue weighted by molar-refractivity contribution is -0.168. The maximum absolute atomic E-state index is 11.2. The molecule has 0 amide bonds. The highest BCUT2D eigenvalue weighted by Gasteiger charge is 2.59. The Bertz CT molecular complexity index is 2340. The molecule has 0 radical (unpaired) electrons. The zero-order valence-corrected chi connectivity index (χ0v) is 84.3. The van der Waals surface area contributed by atoms with Crippen LogP contribution in [0.3, 0.4) is 0 Å². The third-order valence-electron chi connectivity index (χ3n) is 22.4. The summed E-state index contributed by atoms with van der Waals surface area (Å²) < 4.78 is 50.3. The van der Waals surface area contributed by atoms with E-state index in [1.807, 2.05) is 249 Å². The number of carbonyl (C=O) groups is 9. The highest BCUT2D eigenvalue weighted by Crippen LogP contribution is 2.56. The molecule has 0 aromatic carbocycles. The summed E-state index contributed by atoms with van der Waals surface area (Å²) in [5.74, 6) is 7.72. The lowest BCUT2D eigenvalue weighted by Crippen LogP contribution is -2.37. The van der Waals surface area contributed by atoms with Crippen molar-refractivity contribution in [1.82, 2.24) is 0 Å². The zero-order chi connectivity index (χ0) is 93.3. The maximum Gasteiger partial charge on any atom is 0.312 e. The zero-order valence-electron chi connectivity index (χ0n) is 84.3. The quantitative estimate of drug-likeness (QED) is 0.162. The standard InChI is InChI=1S/2C9H12O2.C8H10O2.C8H12O2.C7H8O3.2C7H10O2.C5H8O2.C4H6O2.18C2H6/c10-9-8-6-2-1-5(3-6)7(8)4-11-9;10-9-7-3-5-1-2-6(7)8(4-5)11-9;9-8-6-2-4-1-5(6)7(3-4)10-8;9-8-7-4-2-1-3-6(7)5-10-8;8-7-4-1-3-2-5(10-7)6(4)9-3;8-7-5-1-3-6(9-7)4-2-5;8-7-5-2-1-3-6(4-5)9-7;6-5-3-1-2-4-7-5;5-4-2-1-3-6-4;18*1-2/h2*5-8H,1-4H2;4-7H,1-3H2;6-7H,1-5H2;3-6H,1-2H2;2*5-6H,1-4H2;1-4H2;1-3H2;18*1-2H3. The molecule has 20 unspecified atom stereocenters. The van der Waals surface area contributed by atoms with E-state index in [9.17, 15) is 43.2 Å². The van der Waals surface area contributed by atoms with Crippen LogP contribution in [-0.4, -0.2) is 123 Å². The van der Waals surface area contributed by atoms with Gasteiger partial charge >= 0.3 is 53.7 Å². The molecular weight excluding hydrogens is 1510 g/mol. The van der Waals surface area contributed by atoms with E-state index in [2.05, 4.69) is 9.47 Å². The number of fused-ring (bicyclic) bond motifs is 14. The first-order valence-corrected chi connectivity index (χ1v) is 50.6. The lowest BCUT2D eigenvalue weighted by Gasteiger charge is -2.38. The topological polar surface area (TPSA) is 246 Å². The SMILES string of the molecule is CC.CC.CC.CC.CC.CC.CC.CC.CC.CC.CC.CC.CC.CC.CC.CC.CC.CC.O=C1CCCCO1.O=C1CCCO1.O=C1OC2CC3CC1C2C3.O=C1OC2CC3CC1C2O3.O=C1OC2CC3CCC2C1C3.O=C1OC2CCC1CC2.O=C1OC2CCCC1C2.O=C1OCC2C3CCC(C3)C12.O=C1OCC2CCCCC12. The van der Waals surface area contributed by atoms with Crippen LogP contribution in [-0.2, 0) is 90.5 Å². The smallest absolute Gasteiger partial charge is 0.312 e. The molecule has 12 aliphatic heterocycles. The van der Waals surface area contributed by atoms with Crippen molar-refractivity contribution in [2.24, 2.45) is 88.8 Å². The van der Waals surface area contributed by atoms with Crippen LogP contribution in [0.2, 0.25) is 0 Å². The van der Waals surface area contributed by atoms with E-state index < -0.39 is 0 Å². The van der Waals surface area contributed by atoms with Gasteiger partial charge in [0.1, 0.15) is 36.6 Å². The van der Waals surface area contributed by atoms with Crippen molar-refractivity contribution in [2.75, 3.05) is 26.4 Å². The molecule has 0 aromatic rings. The Morgan fingerprint density at radius 3 is 1.08 bits per heavy atom. The molecule has 10 saturated carbocycles. The number of ether oxygens (including phenoxy) is 10. The first-order chi connectivity index (χ1) is 58.3. The van der Waals surface area contributed by atoms with Crippen molar-refractivity contribution in [1.29, 1.82) is 0 Å². The largest absolute Gasteiger partial charge is 0.466 e. The van der Waals surface area contributed by atoms with Crippen LogP contribution < -0.4 is 0 Å². The van der Waals surface area contributed by atoms with Crippen molar-refractivity contribution in [3.05, 3.63) is 0 Å². The highest BCUT2D eigenvalue weighted by atomic mass is 16.6. The fourth-order valence-corrected chi connectivity index (χ4v) is 18.1. The Labute approximate surface area is 733 Å². The van der Waals surface area contributed by atoms with Crippen LogP contribution in [0.4, 0.5) is 0 Å². The molecule has 0 N–H and O–H groups in total. The van der Waals surface area contributed by atoms with Crippen LogP contribution in [0.25, 0.3) is 0 Å². The van der Waals surface area contributed by atoms with Gasteiger partial charge in [0, 0.05) is 42.9 Å². The van der Waals surface area contributed by atoms with E-state index in [1.165, 1.54) is 64.2 Å². The van der Waals surface area contributed by atoms with E-state index >= 15 is 0 Å². The minimum atomic E-state index is -0.0463. The first kappa shape index (κ1) is 127. The minimum absolute atomic E-state index is 0.0324. The van der Waals surface area contributed by atoms with Gasteiger partial charge in [0.15, 0.2) is 0 Å². The molecule has 19 nitrogen and oxygen atoms in total. The summed E-state index contributed by atoms with van der Waals surface area (Å²) in [5, 5.41) is 0. The molecule has 10 aliphatic carbocycles. The first-order valence-electron chi connectivity index (χ1n) is 50.6. The van der Waals surface area contributed by atoms with Gasteiger partial charge in [-0.15, -0.1) is 0 Å². The van der Waals surface area contributed by atoms with Crippen LogP contribution in [0, 0.1) is 88.8 Å². The Morgan fingerprint density at radius 1 is 0.235 bits per heavy atom. The van der Waals surface area contributed by atoms with E-state index in [0.29, 0.717) is 98.3 Å². The van der Waals surface area contributed by atoms with Crippen molar-refractivity contribution >= 4 is 53.7 Å². The molecule has 22 aliphatic rings. The van der Waals surface area contributed by atoms with Gasteiger partial charge in [0.05, 0.1) is 74.0 Å². The molecule has 22 rings (SSSR count). The van der Waals surface area contributed by atoms with E-state index in [4.69, 9.17) is 37.9 Å². The summed E-state index contributed by atoms with van der Waals surface area (Å²) in [5.41, 5.74) is 0. The monoisotopic (exact) mass is 1700 g/mol. The normalized spacial score (nSPS) is 31.8. The van der Waals surface area contributed by atoms with Crippen LogP contribution in [0.15, 0.2) is 0 Å². The van der Waals surface area contributed by atoms with Crippen molar-refractivity contribution < 1.29 is 90.5 Å². The molecular formula is C100H196O19. The molecule has 12 saturated heterocycles. The molecule has 12 heterocycles. The third-order valence-corrected chi connectivity index (χ3v) is 22.4. The van der Waals surface area contributed by atoms with Crippen molar-refractivity contribution in [2.45, 2.75) is 478 Å². The maximum atomic E-state index is 11.2. The summed E-state index contributed by atoms with van der Waals surface area (Å²) in [6.45, 7) is 74.7. The minimum Gasteiger partial charge on any atom is -0.466 e. The lowest BCUT2D eigenvalue weighted by atomic mass is 9.65. The van der Waals surface area contributed by atoms with E-state index in [1.54, 1.807) is 0 Å². The van der Waals surface area contributed by atoms with Crippen LogP contribution in [0.1, 0.15) is 435 Å². The Kier molecular flexibility index (Phi) is 88.6. The van der Waals surface area contributed by atoms with Gasteiger partial charge in [-0.2, -0.15) is 0 Å². The highest BCUT2D eigenvalue weighted by molar-refractivity contribution is 5.79. The van der Waals surface area contributed by atoms with Crippen molar-refractivity contribution in [3.63, 3.8) is 0 Å².